The van der Waals surface area contributed by atoms with Gasteiger partial charge in [-0.1, -0.05) is 60.0 Å². The number of likely N-dealkylation sites (tertiary alicyclic amines) is 1. The maximum atomic E-state index is 14.4. The SMILES string of the molecule is CCc1cccc(Cl)c1-n1c(C=C(C)C)c(C(=O)N2CCCCC2)cc(-c2nc(-c3ccc(Cl)cc3)cs2)c1=O. The Morgan fingerprint density at radius 2 is 1.77 bits per heavy atom. The van der Waals surface area contributed by atoms with Gasteiger partial charge in [-0.15, -0.1) is 11.3 Å². The first-order chi connectivity index (χ1) is 19.3. The van der Waals surface area contributed by atoms with Gasteiger partial charge in [0.2, 0.25) is 0 Å². The van der Waals surface area contributed by atoms with E-state index in [2.05, 4.69) is 0 Å². The molecule has 8 heteroatoms. The first kappa shape index (κ1) is 28.3. The van der Waals surface area contributed by atoms with Crippen LogP contribution in [0.3, 0.4) is 0 Å². The zero-order valence-corrected chi connectivity index (χ0v) is 25.2. The Morgan fingerprint density at radius 3 is 2.45 bits per heavy atom. The maximum Gasteiger partial charge on any atom is 0.265 e. The van der Waals surface area contributed by atoms with E-state index in [1.165, 1.54) is 11.3 Å². The molecule has 1 amide bonds. The van der Waals surface area contributed by atoms with Gasteiger partial charge in [-0.2, -0.15) is 0 Å². The summed E-state index contributed by atoms with van der Waals surface area (Å²) in [5.74, 6) is -0.0817. The van der Waals surface area contributed by atoms with Crippen LogP contribution in [0.25, 0.3) is 33.6 Å². The van der Waals surface area contributed by atoms with Gasteiger partial charge in [-0.3, -0.25) is 14.2 Å². The fraction of sp³-hybridized carbons (Fsp3) is 0.281. The molecule has 0 atom stereocenters. The van der Waals surface area contributed by atoms with Crippen LogP contribution in [-0.4, -0.2) is 33.4 Å². The molecule has 3 heterocycles. The number of aryl methyl sites for hydroxylation is 1. The van der Waals surface area contributed by atoms with Gasteiger partial charge in [0.15, 0.2) is 0 Å². The standard InChI is InChI=1S/C32H31Cl2N3O2S/c1-4-21-9-8-10-26(34)29(21)37-28(17-20(2)3)24(31(38)36-15-6-5-7-16-36)18-25(32(37)39)30-35-27(19-40-30)22-11-13-23(33)14-12-22/h8-14,17-19H,4-7,15-16H2,1-3H3. The molecule has 0 aliphatic carbocycles. The molecule has 40 heavy (non-hydrogen) atoms. The molecule has 1 aliphatic heterocycles. The van der Waals surface area contributed by atoms with Crippen LogP contribution in [0.5, 0.6) is 0 Å². The second-order valence-corrected chi connectivity index (χ2v) is 11.9. The molecular weight excluding hydrogens is 561 g/mol. The average molecular weight is 593 g/mol. The number of hydrogen-bond acceptors (Lipinski definition) is 4. The van der Waals surface area contributed by atoms with E-state index in [1.54, 1.807) is 16.7 Å². The highest BCUT2D eigenvalue weighted by Crippen LogP contribution is 2.33. The topological polar surface area (TPSA) is 55.2 Å². The summed E-state index contributed by atoms with van der Waals surface area (Å²) < 4.78 is 1.63. The van der Waals surface area contributed by atoms with Gasteiger partial charge in [0, 0.05) is 29.1 Å². The van der Waals surface area contributed by atoms with Crippen LogP contribution in [0, 0.1) is 0 Å². The number of aromatic nitrogens is 2. The minimum atomic E-state index is -0.262. The Hall–Kier alpha value is -3.19. The Morgan fingerprint density at radius 1 is 1.05 bits per heavy atom. The number of allylic oxidation sites excluding steroid dienone is 1. The van der Waals surface area contributed by atoms with Crippen LogP contribution in [0.15, 0.2) is 64.3 Å². The predicted octanol–water partition coefficient (Wildman–Crippen LogP) is 8.55. The summed E-state index contributed by atoms with van der Waals surface area (Å²) in [6, 6.07) is 14.8. The highest BCUT2D eigenvalue weighted by atomic mass is 35.5. The van der Waals surface area contributed by atoms with E-state index in [9.17, 15) is 9.59 Å². The summed E-state index contributed by atoms with van der Waals surface area (Å²) in [5, 5.41) is 3.57. The quantitative estimate of drug-likeness (QED) is 0.226. The highest BCUT2D eigenvalue weighted by Gasteiger charge is 2.27. The molecule has 1 saturated heterocycles. The van der Waals surface area contributed by atoms with Gasteiger partial charge in [-0.05, 0) is 75.4 Å². The van der Waals surface area contributed by atoms with Crippen LogP contribution in [0.1, 0.15) is 61.6 Å². The van der Waals surface area contributed by atoms with Crippen molar-refractivity contribution in [1.82, 2.24) is 14.5 Å². The van der Waals surface area contributed by atoms with E-state index in [4.69, 9.17) is 28.2 Å². The molecule has 5 rings (SSSR count). The van der Waals surface area contributed by atoms with Crippen molar-refractivity contribution in [3.05, 3.63) is 96.7 Å². The van der Waals surface area contributed by atoms with Crippen molar-refractivity contribution < 1.29 is 4.79 Å². The first-order valence-corrected chi connectivity index (χ1v) is 15.2. The van der Waals surface area contributed by atoms with E-state index in [0.717, 1.165) is 41.7 Å². The summed E-state index contributed by atoms with van der Waals surface area (Å²) in [4.78, 5) is 35.3. The van der Waals surface area contributed by atoms with Gasteiger partial charge in [0.1, 0.15) is 5.01 Å². The molecule has 5 nitrogen and oxygen atoms in total. The van der Waals surface area contributed by atoms with Gasteiger partial charge < -0.3 is 4.90 Å². The molecule has 1 aliphatic rings. The van der Waals surface area contributed by atoms with Crippen molar-refractivity contribution in [2.24, 2.45) is 0 Å². The molecule has 0 spiro atoms. The van der Waals surface area contributed by atoms with Crippen molar-refractivity contribution in [1.29, 1.82) is 0 Å². The number of nitrogens with zero attached hydrogens (tertiary/aromatic N) is 3. The molecule has 0 N–H and O–H groups in total. The van der Waals surface area contributed by atoms with Gasteiger partial charge in [0.05, 0.1) is 33.2 Å². The summed E-state index contributed by atoms with van der Waals surface area (Å²) in [6.07, 6.45) is 5.64. The van der Waals surface area contributed by atoms with Crippen molar-refractivity contribution in [2.45, 2.75) is 46.5 Å². The number of hydrogen-bond donors (Lipinski definition) is 0. The van der Waals surface area contributed by atoms with Crippen LogP contribution >= 0.6 is 34.5 Å². The van der Waals surface area contributed by atoms with Crippen LogP contribution in [0.2, 0.25) is 10.0 Å². The molecular formula is C32H31Cl2N3O2S. The molecule has 0 saturated carbocycles. The number of benzene rings is 2. The first-order valence-electron chi connectivity index (χ1n) is 13.5. The molecule has 0 unspecified atom stereocenters. The molecule has 4 aromatic rings. The van der Waals surface area contributed by atoms with E-state index < -0.39 is 0 Å². The smallest absolute Gasteiger partial charge is 0.265 e. The van der Waals surface area contributed by atoms with E-state index in [0.29, 0.717) is 57.1 Å². The van der Waals surface area contributed by atoms with Crippen molar-refractivity contribution >= 4 is 46.5 Å². The van der Waals surface area contributed by atoms with E-state index in [1.807, 2.05) is 73.5 Å². The third kappa shape index (κ3) is 5.67. The Bertz CT molecular complexity index is 1640. The van der Waals surface area contributed by atoms with Crippen molar-refractivity contribution in [2.75, 3.05) is 13.1 Å². The van der Waals surface area contributed by atoms with Gasteiger partial charge in [-0.25, -0.2) is 4.98 Å². The molecule has 1 fully saturated rings. The monoisotopic (exact) mass is 591 g/mol. The summed E-state index contributed by atoms with van der Waals surface area (Å²) in [5.41, 5.74) is 5.27. The number of pyridine rings is 1. The fourth-order valence-electron chi connectivity index (χ4n) is 5.11. The summed E-state index contributed by atoms with van der Waals surface area (Å²) in [6.45, 7) is 7.36. The summed E-state index contributed by atoms with van der Waals surface area (Å²) >= 11 is 14.3. The lowest BCUT2D eigenvalue weighted by atomic mass is 10.0. The lowest BCUT2D eigenvalue weighted by molar-refractivity contribution is 0.0723. The lowest BCUT2D eigenvalue weighted by Crippen LogP contribution is -2.37. The van der Waals surface area contributed by atoms with E-state index >= 15 is 0 Å². The number of thiazole rings is 1. The van der Waals surface area contributed by atoms with E-state index in [-0.39, 0.29) is 11.5 Å². The maximum absolute atomic E-state index is 14.4. The third-order valence-electron chi connectivity index (χ3n) is 7.09. The zero-order chi connectivity index (χ0) is 28.4. The predicted molar refractivity (Wildman–Crippen MR) is 167 cm³/mol. The number of rotatable bonds is 6. The number of carbonyl (C=O) groups excluding carboxylic acids is 1. The number of piperidine rings is 1. The normalized spacial score (nSPS) is 13.4. The van der Waals surface area contributed by atoms with Gasteiger partial charge >= 0.3 is 0 Å². The number of amides is 1. The Balaban J connectivity index is 1.80. The zero-order valence-electron chi connectivity index (χ0n) is 22.8. The minimum absolute atomic E-state index is 0.0817. The number of para-hydroxylation sites is 1. The van der Waals surface area contributed by atoms with Crippen LogP contribution in [0.4, 0.5) is 0 Å². The second-order valence-electron chi connectivity index (χ2n) is 10.2. The molecule has 0 bridgehead atoms. The lowest BCUT2D eigenvalue weighted by Gasteiger charge is -2.28. The molecule has 2 aromatic heterocycles. The average Bonchev–Trinajstić information content (AvgIpc) is 3.44. The molecule has 206 valence electrons. The van der Waals surface area contributed by atoms with Crippen LogP contribution < -0.4 is 5.56 Å². The van der Waals surface area contributed by atoms with Crippen LogP contribution in [-0.2, 0) is 6.42 Å². The number of carbonyl (C=O) groups is 1. The molecule has 0 radical (unpaired) electrons. The van der Waals surface area contributed by atoms with Gasteiger partial charge in [0.25, 0.3) is 11.5 Å². The van der Waals surface area contributed by atoms with Crippen molar-refractivity contribution in [3.8, 4) is 27.5 Å². The Labute approximate surface area is 248 Å². The number of halogens is 2. The summed E-state index contributed by atoms with van der Waals surface area (Å²) in [7, 11) is 0. The third-order valence-corrected chi connectivity index (χ3v) is 8.52. The molecule has 2 aromatic carbocycles. The highest BCUT2D eigenvalue weighted by molar-refractivity contribution is 7.13. The minimum Gasteiger partial charge on any atom is -0.339 e. The second kappa shape index (κ2) is 12.1. The van der Waals surface area contributed by atoms with Crippen molar-refractivity contribution in [3.63, 3.8) is 0 Å². The Kier molecular flexibility index (Phi) is 8.60. The largest absolute Gasteiger partial charge is 0.339 e. The fourth-order valence-corrected chi connectivity index (χ4v) is 6.35.